The zero-order valence-electron chi connectivity index (χ0n) is 11.1. The van der Waals surface area contributed by atoms with Crippen molar-refractivity contribution in [2.24, 2.45) is 5.73 Å². The Balaban J connectivity index is 2.01. The second kappa shape index (κ2) is 4.80. The van der Waals surface area contributed by atoms with Crippen LogP contribution in [-0.2, 0) is 13.1 Å². The van der Waals surface area contributed by atoms with E-state index in [-0.39, 0.29) is 5.54 Å². The number of nitrogens with zero attached hydrogens (tertiary/aromatic N) is 2. The molecule has 2 heterocycles. The fourth-order valence-corrected chi connectivity index (χ4v) is 2.37. The third-order valence-electron chi connectivity index (χ3n) is 3.82. The molecule has 2 N–H and O–H groups in total. The molecule has 0 amide bonds. The first kappa shape index (κ1) is 12.6. The maximum absolute atomic E-state index is 5.69. The summed E-state index contributed by atoms with van der Waals surface area (Å²) in [6.45, 7) is 9.25. The van der Waals surface area contributed by atoms with Gasteiger partial charge < -0.3 is 10.2 Å². The van der Waals surface area contributed by atoms with Gasteiger partial charge in [-0.25, -0.2) is 0 Å². The van der Waals surface area contributed by atoms with Gasteiger partial charge in [0.25, 0.3) is 0 Å². The van der Waals surface area contributed by atoms with Crippen LogP contribution in [0, 0.1) is 0 Å². The van der Waals surface area contributed by atoms with Crippen molar-refractivity contribution in [2.45, 2.75) is 32.5 Å². The van der Waals surface area contributed by atoms with Gasteiger partial charge in [0.1, 0.15) is 5.76 Å². The first-order chi connectivity index (χ1) is 8.03. The fraction of sp³-hybridized carbons (Fsp3) is 0.692. The number of likely N-dealkylation sites (N-methyl/N-ethyl adjacent to an activating group) is 1. The second-order valence-electron chi connectivity index (χ2n) is 5.52. The molecule has 0 saturated carbocycles. The molecule has 17 heavy (non-hydrogen) atoms. The smallest absolute Gasteiger partial charge is 0.122 e. The highest BCUT2D eigenvalue weighted by atomic mass is 16.3. The Morgan fingerprint density at radius 1 is 1.41 bits per heavy atom. The molecule has 0 aliphatic carbocycles. The van der Waals surface area contributed by atoms with Crippen molar-refractivity contribution in [2.75, 3.05) is 26.7 Å². The van der Waals surface area contributed by atoms with Gasteiger partial charge in [0.05, 0.1) is 12.8 Å². The molecule has 0 aromatic carbocycles. The first-order valence-corrected chi connectivity index (χ1v) is 6.22. The lowest BCUT2D eigenvalue weighted by Gasteiger charge is -2.45. The average molecular weight is 237 g/mol. The lowest BCUT2D eigenvalue weighted by molar-refractivity contribution is 0.0326. The van der Waals surface area contributed by atoms with Gasteiger partial charge >= 0.3 is 0 Å². The molecule has 2 rings (SSSR count). The summed E-state index contributed by atoms with van der Waals surface area (Å²) < 4.78 is 5.52. The molecule has 0 unspecified atom stereocenters. The molecule has 1 saturated heterocycles. The van der Waals surface area contributed by atoms with Crippen LogP contribution >= 0.6 is 0 Å². The van der Waals surface area contributed by atoms with E-state index >= 15 is 0 Å². The Morgan fingerprint density at radius 2 is 2.18 bits per heavy atom. The van der Waals surface area contributed by atoms with Crippen LogP contribution in [0.4, 0.5) is 0 Å². The first-order valence-electron chi connectivity index (χ1n) is 6.22. The zero-order valence-corrected chi connectivity index (χ0v) is 11.1. The predicted molar refractivity (Wildman–Crippen MR) is 68.6 cm³/mol. The van der Waals surface area contributed by atoms with Gasteiger partial charge in [0.2, 0.25) is 0 Å². The summed E-state index contributed by atoms with van der Waals surface area (Å²) in [5.74, 6) is 1.02. The van der Waals surface area contributed by atoms with Crippen molar-refractivity contribution in [1.29, 1.82) is 0 Å². The van der Waals surface area contributed by atoms with E-state index in [0.29, 0.717) is 6.54 Å². The molecule has 0 atom stereocenters. The minimum absolute atomic E-state index is 0.230. The van der Waals surface area contributed by atoms with Crippen molar-refractivity contribution in [1.82, 2.24) is 9.80 Å². The molecule has 1 aliphatic rings. The second-order valence-corrected chi connectivity index (χ2v) is 5.52. The summed E-state index contributed by atoms with van der Waals surface area (Å²) in [5, 5.41) is 0. The van der Waals surface area contributed by atoms with Gasteiger partial charge in [0, 0.05) is 37.3 Å². The van der Waals surface area contributed by atoms with Crippen LogP contribution in [0.1, 0.15) is 25.2 Å². The van der Waals surface area contributed by atoms with Crippen LogP contribution in [0.25, 0.3) is 0 Å². The Hall–Kier alpha value is -0.840. The van der Waals surface area contributed by atoms with Crippen molar-refractivity contribution in [3.63, 3.8) is 0 Å². The van der Waals surface area contributed by atoms with E-state index in [2.05, 4.69) is 30.7 Å². The number of piperazine rings is 1. The standard InChI is InChI=1S/C13H23N3O/c1-13(2)10-16(6-5-15(13)3)9-12-11(8-14)4-7-17-12/h4,7H,5-6,8-10,14H2,1-3H3. The van der Waals surface area contributed by atoms with Crippen molar-refractivity contribution >= 4 is 0 Å². The largest absolute Gasteiger partial charge is 0.468 e. The summed E-state index contributed by atoms with van der Waals surface area (Å²) in [6.07, 6.45) is 1.73. The van der Waals surface area contributed by atoms with Gasteiger partial charge in [-0.15, -0.1) is 0 Å². The van der Waals surface area contributed by atoms with Crippen LogP contribution in [-0.4, -0.2) is 42.0 Å². The van der Waals surface area contributed by atoms with Gasteiger partial charge in [-0.05, 0) is 27.0 Å². The van der Waals surface area contributed by atoms with Gasteiger partial charge in [-0.1, -0.05) is 0 Å². The third-order valence-corrected chi connectivity index (χ3v) is 3.82. The summed E-state index contributed by atoms with van der Waals surface area (Å²) in [7, 11) is 2.19. The number of rotatable bonds is 3. The normalized spacial score (nSPS) is 21.9. The van der Waals surface area contributed by atoms with Gasteiger partial charge in [-0.3, -0.25) is 9.80 Å². The van der Waals surface area contributed by atoms with E-state index in [4.69, 9.17) is 10.2 Å². The SMILES string of the molecule is CN1CCN(Cc2occc2CN)CC1(C)C. The molecule has 1 aliphatic heterocycles. The minimum atomic E-state index is 0.230. The van der Waals surface area contributed by atoms with Crippen LogP contribution in [0.3, 0.4) is 0 Å². The van der Waals surface area contributed by atoms with Crippen molar-refractivity contribution in [3.8, 4) is 0 Å². The molecule has 96 valence electrons. The highest BCUT2D eigenvalue weighted by Crippen LogP contribution is 2.21. The molecular weight excluding hydrogens is 214 g/mol. The Kier molecular flexibility index (Phi) is 3.56. The van der Waals surface area contributed by atoms with E-state index in [9.17, 15) is 0 Å². The highest BCUT2D eigenvalue weighted by molar-refractivity contribution is 5.16. The van der Waals surface area contributed by atoms with Crippen molar-refractivity contribution in [3.05, 3.63) is 23.7 Å². The monoisotopic (exact) mass is 237 g/mol. The predicted octanol–water partition coefficient (Wildman–Crippen LogP) is 1.26. The van der Waals surface area contributed by atoms with E-state index in [1.54, 1.807) is 6.26 Å². The maximum atomic E-state index is 5.69. The van der Waals surface area contributed by atoms with Crippen molar-refractivity contribution < 1.29 is 4.42 Å². The number of hydrogen-bond donors (Lipinski definition) is 1. The van der Waals surface area contributed by atoms with Crippen LogP contribution in [0.5, 0.6) is 0 Å². The average Bonchev–Trinajstić information content (AvgIpc) is 2.70. The summed E-state index contributed by atoms with van der Waals surface area (Å²) in [6, 6.07) is 1.97. The molecule has 0 spiro atoms. The number of nitrogens with two attached hydrogens (primary N) is 1. The summed E-state index contributed by atoms with van der Waals surface area (Å²) in [4.78, 5) is 4.85. The Morgan fingerprint density at radius 3 is 2.82 bits per heavy atom. The lowest BCUT2D eigenvalue weighted by Crippen LogP contribution is -2.57. The molecule has 1 fully saturated rings. The minimum Gasteiger partial charge on any atom is -0.468 e. The maximum Gasteiger partial charge on any atom is 0.122 e. The van der Waals surface area contributed by atoms with E-state index in [1.807, 2.05) is 6.07 Å². The zero-order chi connectivity index (χ0) is 12.5. The number of hydrogen-bond acceptors (Lipinski definition) is 4. The van der Waals surface area contributed by atoms with Gasteiger partial charge in [-0.2, -0.15) is 0 Å². The van der Waals surface area contributed by atoms with Crippen LogP contribution < -0.4 is 5.73 Å². The Bertz CT molecular complexity index is 372. The molecule has 4 heteroatoms. The molecular formula is C13H23N3O. The topological polar surface area (TPSA) is 45.6 Å². The fourth-order valence-electron chi connectivity index (χ4n) is 2.37. The lowest BCUT2D eigenvalue weighted by atomic mass is 9.99. The van der Waals surface area contributed by atoms with Crippen LogP contribution in [0.15, 0.2) is 16.7 Å². The van der Waals surface area contributed by atoms with Gasteiger partial charge in [0.15, 0.2) is 0 Å². The molecule has 0 radical (unpaired) electrons. The summed E-state index contributed by atoms with van der Waals surface area (Å²) >= 11 is 0. The quantitative estimate of drug-likeness (QED) is 0.860. The highest BCUT2D eigenvalue weighted by Gasteiger charge is 2.31. The molecule has 1 aromatic rings. The van der Waals surface area contributed by atoms with Crippen LogP contribution in [0.2, 0.25) is 0 Å². The van der Waals surface area contributed by atoms with E-state index < -0.39 is 0 Å². The van der Waals surface area contributed by atoms with E-state index in [0.717, 1.165) is 37.5 Å². The summed E-state index contributed by atoms with van der Waals surface area (Å²) in [5.41, 5.74) is 7.05. The number of furan rings is 1. The molecule has 4 nitrogen and oxygen atoms in total. The Labute approximate surface area is 103 Å². The van der Waals surface area contributed by atoms with E-state index in [1.165, 1.54) is 0 Å². The third kappa shape index (κ3) is 2.70. The molecule has 0 bridgehead atoms. The molecule has 1 aromatic heterocycles.